The molecule has 0 aliphatic carbocycles. The standard InChI is InChI=1S/C14H14N2O4/c1-16-12(14(18)19-2)8-11(15-16)13(17)20-9-10-6-4-3-5-7-10/h3-8H,9H2,1-2H3. The molecule has 0 fully saturated rings. The summed E-state index contributed by atoms with van der Waals surface area (Å²) in [4.78, 5) is 23.3. The van der Waals surface area contributed by atoms with E-state index in [0.717, 1.165) is 5.56 Å². The molecule has 0 unspecified atom stereocenters. The Kier molecular flexibility index (Phi) is 4.14. The van der Waals surface area contributed by atoms with Crippen molar-refractivity contribution in [1.29, 1.82) is 0 Å². The summed E-state index contributed by atoms with van der Waals surface area (Å²) >= 11 is 0. The van der Waals surface area contributed by atoms with Crippen LogP contribution in [0.25, 0.3) is 0 Å². The lowest BCUT2D eigenvalue weighted by molar-refractivity contribution is 0.0464. The largest absolute Gasteiger partial charge is 0.464 e. The van der Waals surface area contributed by atoms with Gasteiger partial charge in [0.15, 0.2) is 5.69 Å². The third kappa shape index (κ3) is 3.03. The molecule has 1 aromatic heterocycles. The highest BCUT2D eigenvalue weighted by molar-refractivity contribution is 5.93. The number of rotatable bonds is 4. The van der Waals surface area contributed by atoms with Gasteiger partial charge in [-0.3, -0.25) is 4.68 Å². The van der Waals surface area contributed by atoms with Crippen LogP contribution in [-0.4, -0.2) is 28.8 Å². The number of hydrogen-bond donors (Lipinski definition) is 0. The maximum atomic E-state index is 11.8. The normalized spacial score (nSPS) is 10.1. The predicted molar refractivity (Wildman–Crippen MR) is 70.1 cm³/mol. The number of carbonyl (C=O) groups excluding carboxylic acids is 2. The molecule has 104 valence electrons. The van der Waals surface area contributed by atoms with Crippen LogP contribution >= 0.6 is 0 Å². The Morgan fingerprint density at radius 2 is 1.90 bits per heavy atom. The molecule has 0 radical (unpaired) electrons. The van der Waals surface area contributed by atoms with E-state index in [2.05, 4.69) is 9.84 Å². The van der Waals surface area contributed by atoms with Crippen molar-refractivity contribution >= 4 is 11.9 Å². The minimum Gasteiger partial charge on any atom is -0.464 e. The average Bonchev–Trinajstić information content (AvgIpc) is 2.87. The highest BCUT2D eigenvalue weighted by Crippen LogP contribution is 2.08. The molecular formula is C14H14N2O4. The SMILES string of the molecule is COC(=O)c1cc(C(=O)OCc2ccccc2)nn1C. The second-order valence-electron chi connectivity index (χ2n) is 4.09. The number of carbonyl (C=O) groups is 2. The van der Waals surface area contributed by atoms with Crippen molar-refractivity contribution in [2.75, 3.05) is 7.11 Å². The van der Waals surface area contributed by atoms with Gasteiger partial charge in [-0.1, -0.05) is 30.3 Å². The smallest absolute Gasteiger partial charge is 0.359 e. The van der Waals surface area contributed by atoms with Gasteiger partial charge in [0.2, 0.25) is 0 Å². The zero-order chi connectivity index (χ0) is 14.5. The van der Waals surface area contributed by atoms with E-state index in [4.69, 9.17) is 4.74 Å². The van der Waals surface area contributed by atoms with Crippen LogP contribution in [-0.2, 0) is 23.1 Å². The molecule has 0 aliphatic rings. The Hall–Kier alpha value is -2.63. The summed E-state index contributed by atoms with van der Waals surface area (Å²) in [7, 11) is 2.82. The minimum atomic E-state index is -0.584. The van der Waals surface area contributed by atoms with Crippen LogP contribution in [0.2, 0.25) is 0 Å². The summed E-state index contributed by atoms with van der Waals surface area (Å²) in [6.07, 6.45) is 0. The number of nitrogens with zero attached hydrogens (tertiary/aromatic N) is 2. The molecule has 0 N–H and O–H groups in total. The average molecular weight is 274 g/mol. The minimum absolute atomic E-state index is 0.0730. The van der Waals surface area contributed by atoms with Crippen LogP contribution in [0.15, 0.2) is 36.4 Å². The maximum Gasteiger partial charge on any atom is 0.359 e. The highest BCUT2D eigenvalue weighted by atomic mass is 16.5. The topological polar surface area (TPSA) is 70.4 Å². The van der Waals surface area contributed by atoms with Crippen molar-refractivity contribution in [1.82, 2.24) is 9.78 Å². The number of hydrogen-bond acceptors (Lipinski definition) is 5. The number of esters is 2. The van der Waals surface area contributed by atoms with Gasteiger partial charge < -0.3 is 9.47 Å². The molecule has 2 rings (SSSR count). The summed E-state index contributed by atoms with van der Waals surface area (Å²) < 4.78 is 11.0. The van der Waals surface area contributed by atoms with Crippen molar-refractivity contribution in [2.24, 2.45) is 7.05 Å². The van der Waals surface area contributed by atoms with Crippen LogP contribution in [0.1, 0.15) is 26.5 Å². The molecule has 1 aromatic carbocycles. The van der Waals surface area contributed by atoms with E-state index in [1.807, 2.05) is 30.3 Å². The maximum absolute atomic E-state index is 11.8. The van der Waals surface area contributed by atoms with Crippen LogP contribution in [0.3, 0.4) is 0 Å². The summed E-state index contributed by atoms with van der Waals surface area (Å²) in [5.41, 5.74) is 1.15. The first-order chi connectivity index (χ1) is 9.61. The Bertz CT molecular complexity index is 619. The fourth-order valence-electron chi connectivity index (χ4n) is 1.66. The fourth-order valence-corrected chi connectivity index (χ4v) is 1.66. The zero-order valence-electron chi connectivity index (χ0n) is 11.2. The zero-order valence-corrected chi connectivity index (χ0v) is 11.2. The number of benzene rings is 1. The van der Waals surface area contributed by atoms with Gasteiger partial charge in [-0.25, -0.2) is 9.59 Å². The van der Waals surface area contributed by atoms with Crippen LogP contribution in [0, 0.1) is 0 Å². The van der Waals surface area contributed by atoms with E-state index in [1.54, 1.807) is 7.05 Å². The van der Waals surface area contributed by atoms with Crippen LogP contribution < -0.4 is 0 Å². The molecular weight excluding hydrogens is 260 g/mol. The first kappa shape index (κ1) is 13.8. The van der Waals surface area contributed by atoms with E-state index in [-0.39, 0.29) is 18.0 Å². The Labute approximate surface area is 115 Å². The third-order valence-corrected chi connectivity index (χ3v) is 2.70. The summed E-state index contributed by atoms with van der Waals surface area (Å²) in [5.74, 6) is -1.14. The highest BCUT2D eigenvalue weighted by Gasteiger charge is 2.18. The first-order valence-corrected chi connectivity index (χ1v) is 5.95. The molecule has 0 saturated heterocycles. The molecule has 0 bridgehead atoms. The Balaban J connectivity index is 2.05. The van der Waals surface area contributed by atoms with Gasteiger partial charge >= 0.3 is 11.9 Å². The number of ether oxygens (including phenoxy) is 2. The third-order valence-electron chi connectivity index (χ3n) is 2.70. The van der Waals surface area contributed by atoms with E-state index in [1.165, 1.54) is 17.9 Å². The van der Waals surface area contributed by atoms with Gasteiger partial charge in [-0.05, 0) is 5.56 Å². The molecule has 20 heavy (non-hydrogen) atoms. The van der Waals surface area contributed by atoms with E-state index in [0.29, 0.717) is 0 Å². The van der Waals surface area contributed by atoms with Crippen LogP contribution in [0.5, 0.6) is 0 Å². The van der Waals surface area contributed by atoms with Gasteiger partial charge in [-0.2, -0.15) is 5.10 Å². The van der Waals surface area contributed by atoms with Gasteiger partial charge in [0.05, 0.1) is 7.11 Å². The van der Waals surface area contributed by atoms with Crippen molar-refractivity contribution < 1.29 is 19.1 Å². The molecule has 2 aromatic rings. The molecule has 0 spiro atoms. The molecule has 0 amide bonds. The molecule has 1 heterocycles. The summed E-state index contributed by atoms with van der Waals surface area (Å²) in [5, 5.41) is 3.93. The first-order valence-electron chi connectivity index (χ1n) is 5.95. The van der Waals surface area contributed by atoms with Crippen LogP contribution in [0.4, 0.5) is 0 Å². The molecule has 6 nitrogen and oxygen atoms in total. The lowest BCUT2D eigenvalue weighted by Crippen LogP contribution is -2.08. The lowest BCUT2D eigenvalue weighted by atomic mass is 10.2. The molecule has 0 saturated carbocycles. The number of aryl methyl sites for hydroxylation is 1. The summed E-state index contributed by atoms with van der Waals surface area (Å²) in [6.45, 7) is 0.157. The molecule has 0 aliphatic heterocycles. The van der Waals surface area contributed by atoms with Gasteiger partial charge in [-0.15, -0.1) is 0 Å². The van der Waals surface area contributed by atoms with E-state index >= 15 is 0 Å². The number of methoxy groups -OCH3 is 1. The van der Waals surface area contributed by atoms with E-state index in [9.17, 15) is 9.59 Å². The van der Waals surface area contributed by atoms with Crippen molar-refractivity contribution in [3.8, 4) is 0 Å². The Morgan fingerprint density at radius 1 is 1.20 bits per heavy atom. The Morgan fingerprint density at radius 3 is 2.55 bits per heavy atom. The van der Waals surface area contributed by atoms with Crippen molar-refractivity contribution in [3.63, 3.8) is 0 Å². The second-order valence-corrected chi connectivity index (χ2v) is 4.09. The van der Waals surface area contributed by atoms with Gasteiger partial charge in [0.25, 0.3) is 0 Å². The summed E-state index contributed by atoms with van der Waals surface area (Å²) in [6, 6.07) is 10.7. The quantitative estimate of drug-likeness (QED) is 0.791. The fraction of sp³-hybridized carbons (Fsp3) is 0.214. The molecule has 0 atom stereocenters. The van der Waals surface area contributed by atoms with Gasteiger partial charge in [0.1, 0.15) is 12.3 Å². The van der Waals surface area contributed by atoms with E-state index < -0.39 is 11.9 Å². The molecule has 6 heteroatoms. The predicted octanol–water partition coefficient (Wildman–Crippen LogP) is 1.56. The lowest BCUT2D eigenvalue weighted by Gasteiger charge is -2.02. The van der Waals surface area contributed by atoms with Crippen molar-refractivity contribution in [3.05, 3.63) is 53.3 Å². The van der Waals surface area contributed by atoms with Crippen molar-refractivity contribution in [2.45, 2.75) is 6.61 Å². The second kappa shape index (κ2) is 6.01. The van der Waals surface area contributed by atoms with Gasteiger partial charge in [0, 0.05) is 13.1 Å². The number of aromatic nitrogens is 2. The monoisotopic (exact) mass is 274 g/mol.